The molecule has 0 radical (unpaired) electrons. The van der Waals surface area contributed by atoms with Gasteiger partial charge in [-0.3, -0.25) is 20.2 Å². The Morgan fingerprint density at radius 1 is 1.14 bits per heavy atom. The van der Waals surface area contributed by atoms with Crippen molar-refractivity contribution in [3.8, 4) is 0 Å². The van der Waals surface area contributed by atoms with Gasteiger partial charge < -0.3 is 4.74 Å². The van der Waals surface area contributed by atoms with Crippen molar-refractivity contribution < 1.29 is 19.4 Å². The van der Waals surface area contributed by atoms with Gasteiger partial charge in [-0.05, 0) is 12.8 Å². The van der Waals surface area contributed by atoms with Crippen LogP contribution >= 0.6 is 0 Å². The zero-order valence-corrected chi connectivity index (χ0v) is 11.4. The van der Waals surface area contributed by atoms with Gasteiger partial charge in [0.25, 0.3) is 11.4 Å². The first-order valence-electron chi connectivity index (χ1n) is 6.21. The molecular weight excluding hydrogens is 280 g/mol. The van der Waals surface area contributed by atoms with Crippen LogP contribution in [0.1, 0.15) is 30.1 Å². The van der Waals surface area contributed by atoms with Gasteiger partial charge in [-0.2, -0.15) is 0 Å². The number of non-ortho nitro benzene ring substituents is 2. The normalized spacial score (nSPS) is 10.5. The van der Waals surface area contributed by atoms with Crippen LogP contribution in [0.2, 0.25) is 0 Å². The second-order valence-corrected chi connectivity index (χ2v) is 4.06. The molecule has 0 amide bonds. The summed E-state index contributed by atoms with van der Waals surface area (Å²) in [7, 11) is 0. The number of esters is 1. The van der Waals surface area contributed by atoms with Crippen LogP contribution < -0.4 is 0 Å². The molecule has 0 atom stereocenters. The summed E-state index contributed by atoms with van der Waals surface area (Å²) in [5, 5.41) is 21.4. The predicted octanol–water partition coefficient (Wildman–Crippen LogP) is 3.02. The zero-order chi connectivity index (χ0) is 15.8. The van der Waals surface area contributed by atoms with E-state index in [1.165, 1.54) is 0 Å². The largest absolute Gasteiger partial charge is 0.462 e. The lowest BCUT2D eigenvalue weighted by atomic mass is 10.2. The monoisotopic (exact) mass is 294 g/mol. The molecule has 21 heavy (non-hydrogen) atoms. The molecule has 112 valence electrons. The van der Waals surface area contributed by atoms with Gasteiger partial charge in [0, 0.05) is 12.1 Å². The van der Waals surface area contributed by atoms with Crippen LogP contribution in [-0.2, 0) is 4.74 Å². The molecule has 0 spiro atoms. The fourth-order valence-electron chi connectivity index (χ4n) is 1.51. The minimum absolute atomic E-state index is 0.103. The smallest absolute Gasteiger partial charge is 0.338 e. The Morgan fingerprint density at radius 2 is 1.71 bits per heavy atom. The Kier molecular flexibility index (Phi) is 5.99. The standard InChI is InChI=1S/C13H14N2O6/c1-2-3-4-5-6-21-13(16)10-7-11(14(17)18)9-12(8-10)15(19)20/h3-4,7-9H,2,5-6H2,1H3/b4-3+. The number of ether oxygens (including phenoxy) is 1. The molecule has 0 unspecified atom stereocenters. The molecular formula is C13H14N2O6. The van der Waals surface area contributed by atoms with Crippen molar-refractivity contribution in [2.75, 3.05) is 6.61 Å². The number of hydrogen-bond donors (Lipinski definition) is 0. The average Bonchev–Trinajstić information content (AvgIpc) is 2.46. The van der Waals surface area contributed by atoms with E-state index < -0.39 is 27.2 Å². The highest BCUT2D eigenvalue weighted by Gasteiger charge is 2.20. The molecule has 0 saturated carbocycles. The molecule has 0 N–H and O–H groups in total. The quantitative estimate of drug-likeness (QED) is 0.251. The molecule has 0 heterocycles. The van der Waals surface area contributed by atoms with Crippen molar-refractivity contribution in [2.45, 2.75) is 19.8 Å². The second-order valence-electron chi connectivity index (χ2n) is 4.06. The predicted molar refractivity (Wildman–Crippen MR) is 74.1 cm³/mol. The molecule has 1 aromatic carbocycles. The van der Waals surface area contributed by atoms with E-state index in [9.17, 15) is 25.0 Å². The summed E-state index contributed by atoms with van der Waals surface area (Å²) in [6.45, 7) is 2.07. The van der Waals surface area contributed by atoms with Crippen molar-refractivity contribution in [1.29, 1.82) is 0 Å². The molecule has 0 fully saturated rings. The zero-order valence-electron chi connectivity index (χ0n) is 11.4. The van der Waals surface area contributed by atoms with E-state index in [-0.39, 0.29) is 12.2 Å². The number of carbonyl (C=O) groups excluding carboxylic acids is 1. The van der Waals surface area contributed by atoms with Crippen molar-refractivity contribution in [2.24, 2.45) is 0 Å². The van der Waals surface area contributed by atoms with Crippen LogP contribution in [0.3, 0.4) is 0 Å². The van der Waals surface area contributed by atoms with E-state index in [4.69, 9.17) is 4.74 Å². The van der Waals surface area contributed by atoms with E-state index in [0.29, 0.717) is 6.42 Å². The number of nitro benzene ring substituents is 2. The Hall–Kier alpha value is -2.77. The van der Waals surface area contributed by atoms with E-state index in [2.05, 4.69) is 0 Å². The number of allylic oxidation sites excluding steroid dienone is 1. The van der Waals surface area contributed by atoms with Crippen molar-refractivity contribution >= 4 is 17.3 Å². The molecule has 0 aliphatic rings. The average molecular weight is 294 g/mol. The van der Waals surface area contributed by atoms with Gasteiger partial charge in [-0.25, -0.2) is 4.79 Å². The Bertz CT molecular complexity index is 550. The van der Waals surface area contributed by atoms with Crippen LogP contribution in [0, 0.1) is 20.2 Å². The molecule has 1 aromatic rings. The summed E-state index contributed by atoms with van der Waals surface area (Å²) < 4.78 is 4.91. The van der Waals surface area contributed by atoms with E-state index in [0.717, 1.165) is 24.6 Å². The number of nitro groups is 2. The fraction of sp³-hybridized carbons (Fsp3) is 0.308. The topological polar surface area (TPSA) is 113 Å². The van der Waals surface area contributed by atoms with Gasteiger partial charge in [0.15, 0.2) is 0 Å². The highest BCUT2D eigenvalue weighted by molar-refractivity contribution is 5.91. The Morgan fingerprint density at radius 3 is 2.19 bits per heavy atom. The lowest BCUT2D eigenvalue weighted by Gasteiger charge is -2.03. The minimum Gasteiger partial charge on any atom is -0.462 e. The number of hydrogen-bond acceptors (Lipinski definition) is 6. The SMILES string of the molecule is CC/C=C/CCOC(=O)c1cc([N+](=O)[O-])cc([N+](=O)[O-])c1. The van der Waals surface area contributed by atoms with Crippen molar-refractivity contribution in [3.63, 3.8) is 0 Å². The fourth-order valence-corrected chi connectivity index (χ4v) is 1.51. The summed E-state index contributed by atoms with van der Waals surface area (Å²) in [4.78, 5) is 31.5. The van der Waals surface area contributed by atoms with Crippen molar-refractivity contribution in [1.82, 2.24) is 0 Å². The summed E-state index contributed by atoms with van der Waals surface area (Å²) in [6.07, 6.45) is 5.12. The molecule has 1 rings (SSSR count). The molecule has 0 aliphatic carbocycles. The van der Waals surface area contributed by atoms with Gasteiger partial charge in [-0.15, -0.1) is 0 Å². The number of nitrogens with zero attached hydrogens (tertiary/aromatic N) is 2. The minimum atomic E-state index is -0.827. The van der Waals surface area contributed by atoms with Crippen molar-refractivity contribution in [3.05, 3.63) is 56.1 Å². The first-order valence-corrected chi connectivity index (χ1v) is 6.21. The number of carbonyl (C=O) groups is 1. The summed E-state index contributed by atoms with van der Waals surface area (Å²) in [5.74, 6) is -0.827. The van der Waals surface area contributed by atoms with Crippen LogP contribution in [-0.4, -0.2) is 22.4 Å². The highest BCUT2D eigenvalue weighted by Crippen LogP contribution is 2.23. The lowest BCUT2D eigenvalue weighted by Crippen LogP contribution is -2.07. The molecule has 0 aliphatic heterocycles. The summed E-state index contributed by atoms with van der Waals surface area (Å²) in [6, 6.07) is 2.70. The van der Waals surface area contributed by atoms with Crippen LogP contribution in [0.15, 0.2) is 30.4 Å². The van der Waals surface area contributed by atoms with E-state index in [1.807, 2.05) is 19.1 Å². The second kappa shape index (κ2) is 7.73. The third-order valence-electron chi connectivity index (χ3n) is 2.48. The van der Waals surface area contributed by atoms with Gasteiger partial charge in [-0.1, -0.05) is 19.1 Å². The molecule has 0 aromatic heterocycles. The van der Waals surface area contributed by atoms with E-state index >= 15 is 0 Å². The Balaban J connectivity index is 2.85. The van der Waals surface area contributed by atoms with Crippen LogP contribution in [0.4, 0.5) is 11.4 Å². The maximum atomic E-state index is 11.7. The summed E-state index contributed by atoms with van der Waals surface area (Å²) in [5.41, 5.74) is -1.26. The molecule has 8 nitrogen and oxygen atoms in total. The van der Waals surface area contributed by atoms with Gasteiger partial charge in [0.1, 0.15) is 0 Å². The van der Waals surface area contributed by atoms with Gasteiger partial charge >= 0.3 is 5.97 Å². The highest BCUT2D eigenvalue weighted by atomic mass is 16.6. The molecule has 0 bridgehead atoms. The number of benzene rings is 1. The first-order chi connectivity index (χ1) is 9.95. The Labute approximate surface area is 120 Å². The maximum absolute atomic E-state index is 11.7. The van der Waals surface area contributed by atoms with Crippen LogP contribution in [0.25, 0.3) is 0 Å². The van der Waals surface area contributed by atoms with Crippen LogP contribution in [0.5, 0.6) is 0 Å². The lowest BCUT2D eigenvalue weighted by molar-refractivity contribution is -0.394. The summed E-state index contributed by atoms with van der Waals surface area (Å²) >= 11 is 0. The molecule has 8 heteroatoms. The molecule has 0 saturated heterocycles. The third kappa shape index (κ3) is 5.01. The van der Waals surface area contributed by atoms with Gasteiger partial charge in [0.2, 0.25) is 0 Å². The van der Waals surface area contributed by atoms with Gasteiger partial charge in [0.05, 0.1) is 28.1 Å². The first kappa shape index (κ1) is 16.3. The number of rotatable bonds is 7. The third-order valence-corrected chi connectivity index (χ3v) is 2.48. The maximum Gasteiger partial charge on any atom is 0.338 e. The van der Waals surface area contributed by atoms with E-state index in [1.54, 1.807) is 0 Å².